The molecule has 0 aliphatic rings. The zero-order valence-electron chi connectivity index (χ0n) is 13.5. The number of nitrogens with zero attached hydrogens (tertiary/aromatic N) is 2. The van der Waals surface area contributed by atoms with E-state index in [1.165, 1.54) is 0 Å². The number of nitrogens with one attached hydrogen (secondary N) is 1. The number of aryl methyl sites for hydroxylation is 2. The lowest BCUT2D eigenvalue weighted by Gasteiger charge is -2.06. The molecule has 0 aliphatic carbocycles. The quantitative estimate of drug-likeness (QED) is 0.605. The number of para-hydroxylation sites is 2. The molecule has 4 aromatic rings. The zero-order valence-corrected chi connectivity index (χ0v) is 13.5. The monoisotopic (exact) mass is 319 g/mol. The van der Waals surface area contributed by atoms with Crippen LogP contribution in [0.25, 0.3) is 22.4 Å². The van der Waals surface area contributed by atoms with Gasteiger partial charge in [0.2, 0.25) is 0 Å². The minimum Gasteiger partial charge on any atom is -0.489 e. The minimum absolute atomic E-state index is 0.450. The Balaban J connectivity index is 1.52. The van der Waals surface area contributed by atoms with Gasteiger partial charge in [0.25, 0.3) is 0 Å². The van der Waals surface area contributed by atoms with E-state index < -0.39 is 0 Å². The van der Waals surface area contributed by atoms with Crippen molar-refractivity contribution in [3.05, 3.63) is 65.5 Å². The van der Waals surface area contributed by atoms with Crippen LogP contribution in [0.3, 0.4) is 0 Å². The predicted octanol–water partition coefficient (Wildman–Crippen LogP) is 4.41. The standard InChI is InChI=1S/C19H17N3O2/c1-12-16(13(2)24-22-12)11-23-15-9-7-14(8-10-15)19-20-17-5-3-4-6-18(17)21-19/h3-10H,11H2,1-2H3,(H,20,21). The Labute approximate surface area is 139 Å². The molecule has 0 amide bonds. The second kappa shape index (κ2) is 5.85. The van der Waals surface area contributed by atoms with E-state index >= 15 is 0 Å². The maximum absolute atomic E-state index is 5.83. The topological polar surface area (TPSA) is 63.9 Å². The highest BCUT2D eigenvalue weighted by Gasteiger charge is 2.10. The number of hydrogen-bond donors (Lipinski definition) is 1. The third-order valence-corrected chi connectivity index (χ3v) is 4.08. The van der Waals surface area contributed by atoms with Crippen LogP contribution < -0.4 is 4.74 Å². The van der Waals surface area contributed by atoms with Crippen LogP contribution in [0.4, 0.5) is 0 Å². The number of rotatable bonds is 4. The van der Waals surface area contributed by atoms with E-state index in [1.807, 2.05) is 62.4 Å². The molecule has 24 heavy (non-hydrogen) atoms. The third kappa shape index (κ3) is 2.65. The SMILES string of the molecule is Cc1noc(C)c1COc1ccc(-c2nc3ccccc3[nH]2)cc1. The van der Waals surface area contributed by atoms with Crippen molar-refractivity contribution in [2.75, 3.05) is 0 Å². The number of hydrogen-bond acceptors (Lipinski definition) is 4. The molecule has 0 spiro atoms. The number of ether oxygens (including phenoxy) is 1. The highest BCUT2D eigenvalue weighted by atomic mass is 16.5. The normalized spacial score (nSPS) is 11.1. The van der Waals surface area contributed by atoms with Gasteiger partial charge >= 0.3 is 0 Å². The van der Waals surface area contributed by atoms with Crippen molar-refractivity contribution in [1.82, 2.24) is 15.1 Å². The molecule has 0 saturated carbocycles. The molecule has 0 aliphatic heterocycles. The van der Waals surface area contributed by atoms with Crippen molar-refractivity contribution in [2.45, 2.75) is 20.5 Å². The summed E-state index contributed by atoms with van der Waals surface area (Å²) >= 11 is 0. The zero-order chi connectivity index (χ0) is 16.5. The summed E-state index contributed by atoms with van der Waals surface area (Å²) in [4.78, 5) is 7.93. The van der Waals surface area contributed by atoms with Crippen LogP contribution in [0.15, 0.2) is 53.1 Å². The maximum Gasteiger partial charge on any atom is 0.140 e. The number of H-pyrrole nitrogens is 1. The molecule has 120 valence electrons. The van der Waals surface area contributed by atoms with E-state index in [-0.39, 0.29) is 0 Å². The predicted molar refractivity (Wildman–Crippen MR) is 91.8 cm³/mol. The van der Waals surface area contributed by atoms with Crippen molar-refractivity contribution in [3.63, 3.8) is 0 Å². The Morgan fingerprint density at radius 3 is 2.54 bits per heavy atom. The lowest BCUT2D eigenvalue weighted by Crippen LogP contribution is -1.97. The number of fused-ring (bicyclic) bond motifs is 1. The van der Waals surface area contributed by atoms with Crippen molar-refractivity contribution in [2.24, 2.45) is 0 Å². The van der Waals surface area contributed by atoms with Crippen molar-refractivity contribution >= 4 is 11.0 Å². The van der Waals surface area contributed by atoms with Crippen LogP contribution in [0.5, 0.6) is 5.75 Å². The fraction of sp³-hybridized carbons (Fsp3) is 0.158. The van der Waals surface area contributed by atoms with Gasteiger partial charge in [0.05, 0.1) is 22.3 Å². The molecule has 2 aromatic carbocycles. The summed E-state index contributed by atoms with van der Waals surface area (Å²) < 4.78 is 11.0. The number of aromatic amines is 1. The Morgan fingerprint density at radius 2 is 1.83 bits per heavy atom. The first-order valence-corrected chi connectivity index (χ1v) is 7.80. The molecule has 0 fully saturated rings. The first-order valence-electron chi connectivity index (χ1n) is 7.80. The van der Waals surface area contributed by atoms with Crippen molar-refractivity contribution < 1.29 is 9.26 Å². The summed E-state index contributed by atoms with van der Waals surface area (Å²) in [6.45, 7) is 4.26. The maximum atomic E-state index is 5.83. The van der Waals surface area contributed by atoms with Crippen LogP contribution in [-0.2, 0) is 6.61 Å². The van der Waals surface area contributed by atoms with Gasteiger partial charge in [-0.15, -0.1) is 0 Å². The van der Waals surface area contributed by atoms with Gasteiger partial charge in [-0.3, -0.25) is 0 Å². The molecular weight excluding hydrogens is 302 g/mol. The average molecular weight is 319 g/mol. The fourth-order valence-corrected chi connectivity index (χ4v) is 2.66. The van der Waals surface area contributed by atoms with E-state index in [0.717, 1.165) is 45.2 Å². The molecule has 0 radical (unpaired) electrons. The highest BCUT2D eigenvalue weighted by molar-refractivity contribution is 5.79. The van der Waals surface area contributed by atoms with Gasteiger partial charge in [0.15, 0.2) is 0 Å². The fourth-order valence-electron chi connectivity index (χ4n) is 2.66. The van der Waals surface area contributed by atoms with Crippen LogP contribution >= 0.6 is 0 Å². The molecule has 5 nitrogen and oxygen atoms in total. The summed E-state index contributed by atoms with van der Waals surface area (Å²) in [5.74, 6) is 2.45. The van der Waals surface area contributed by atoms with Gasteiger partial charge < -0.3 is 14.2 Å². The van der Waals surface area contributed by atoms with Crippen LogP contribution in [0, 0.1) is 13.8 Å². The summed E-state index contributed by atoms with van der Waals surface area (Å²) in [5, 5.41) is 3.94. The van der Waals surface area contributed by atoms with Crippen molar-refractivity contribution in [3.8, 4) is 17.1 Å². The van der Waals surface area contributed by atoms with Gasteiger partial charge in [0, 0.05) is 5.56 Å². The van der Waals surface area contributed by atoms with E-state index in [9.17, 15) is 0 Å². The summed E-state index contributed by atoms with van der Waals surface area (Å²) in [6, 6.07) is 15.9. The largest absolute Gasteiger partial charge is 0.489 e. The first-order chi connectivity index (χ1) is 11.7. The van der Waals surface area contributed by atoms with Gasteiger partial charge in [-0.05, 0) is 50.2 Å². The molecule has 0 atom stereocenters. The smallest absolute Gasteiger partial charge is 0.140 e. The molecule has 1 N–H and O–H groups in total. The van der Waals surface area contributed by atoms with Crippen molar-refractivity contribution in [1.29, 1.82) is 0 Å². The average Bonchev–Trinajstić information content (AvgIpc) is 3.17. The van der Waals surface area contributed by atoms with Gasteiger partial charge in [-0.25, -0.2) is 4.98 Å². The van der Waals surface area contributed by atoms with E-state index in [2.05, 4.69) is 15.1 Å². The van der Waals surface area contributed by atoms with E-state index in [0.29, 0.717) is 6.61 Å². The summed E-state index contributed by atoms with van der Waals surface area (Å²) in [6.07, 6.45) is 0. The number of imidazole rings is 1. The Bertz CT molecular complexity index is 931. The van der Waals surface area contributed by atoms with Crippen LogP contribution in [-0.4, -0.2) is 15.1 Å². The molecule has 0 bridgehead atoms. The summed E-state index contributed by atoms with van der Waals surface area (Å²) in [7, 11) is 0. The molecule has 5 heteroatoms. The molecule has 2 aromatic heterocycles. The Morgan fingerprint density at radius 1 is 1.04 bits per heavy atom. The second-order valence-electron chi connectivity index (χ2n) is 5.72. The summed E-state index contributed by atoms with van der Waals surface area (Å²) in [5.41, 5.74) is 4.89. The first kappa shape index (κ1) is 14.5. The van der Waals surface area contributed by atoms with Gasteiger partial charge in [-0.1, -0.05) is 17.3 Å². The van der Waals surface area contributed by atoms with E-state index in [1.54, 1.807) is 0 Å². The molecule has 0 saturated heterocycles. The third-order valence-electron chi connectivity index (χ3n) is 4.08. The Hall–Kier alpha value is -3.08. The Kier molecular flexibility index (Phi) is 3.54. The molecule has 0 unspecified atom stereocenters. The van der Waals surface area contributed by atoms with E-state index in [4.69, 9.17) is 9.26 Å². The van der Waals surface area contributed by atoms with Gasteiger partial charge in [-0.2, -0.15) is 0 Å². The van der Waals surface area contributed by atoms with Crippen LogP contribution in [0.1, 0.15) is 17.0 Å². The lowest BCUT2D eigenvalue weighted by atomic mass is 10.2. The number of aromatic nitrogens is 3. The number of benzene rings is 2. The van der Waals surface area contributed by atoms with Crippen LogP contribution in [0.2, 0.25) is 0 Å². The lowest BCUT2D eigenvalue weighted by molar-refractivity contribution is 0.302. The second-order valence-corrected chi connectivity index (χ2v) is 5.72. The molecular formula is C19H17N3O2. The minimum atomic E-state index is 0.450. The highest BCUT2D eigenvalue weighted by Crippen LogP contribution is 2.23. The van der Waals surface area contributed by atoms with Gasteiger partial charge in [0.1, 0.15) is 23.9 Å². The molecule has 4 rings (SSSR count). The molecule has 2 heterocycles.